The predicted molar refractivity (Wildman–Crippen MR) is 120 cm³/mol. The van der Waals surface area contributed by atoms with Crippen LogP contribution in [0.3, 0.4) is 0 Å². The Labute approximate surface area is 193 Å². The molecule has 3 atom stereocenters. The van der Waals surface area contributed by atoms with Gasteiger partial charge < -0.3 is 16.0 Å². The van der Waals surface area contributed by atoms with Crippen LogP contribution in [0.1, 0.15) is 62.9 Å². The Bertz CT molecular complexity index is 840. The number of benzene rings is 1. The third-order valence-corrected chi connectivity index (χ3v) is 5.81. The number of hydrogen-bond donors (Lipinski definition) is 3. The molecule has 1 saturated carbocycles. The number of carbonyl (C=O) groups is 3. The van der Waals surface area contributed by atoms with Crippen molar-refractivity contribution < 1.29 is 27.6 Å². The number of hydrogen-bond acceptors (Lipinski definition) is 4. The zero-order valence-corrected chi connectivity index (χ0v) is 19.6. The van der Waals surface area contributed by atoms with Gasteiger partial charge in [0, 0.05) is 29.5 Å². The van der Waals surface area contributed by atoms with E-state index in [0.29, 0.717) is 18.8 Å². The van der Waals surface area contributed by atoms with E-state index >= 15 is 0 Å². The number of ketones is 1. The van der Waals surface area contributed by atoms with Gasteiger partial charge in [0.2, 0.25) is 5.91 Å². The highest BCUT2D eigenvalue weighted by Gasteiger charge is 2.37. The van der Waals surface area contributed by atoms with Crippen LogP contribution in [0.2, 0.25) is 0 Å². The van der Waals surface area contributed by atoms with E-state index in [1.807, 2.05) is 13.8 Å². The van der Waals surface area contributed by atoms with Gasteiger partial charge in [-0.05, 0) is 49.9 Å². The average molecular weight is 470 g/mol. The van der Waals surface area contributed by atoms with Crippen molar-refractivity contribution in [1.29, 1.82) is 0 Å². The minimum atomic E-state index is -4.56. The Morgan fingerprint density at radius 3 is 2.39 bits per heavy atom. The molecule has 1 aromatic rings. The molecule has 0 spiro atoms. The molecule has 3 N–H and O–H groups in total. The van der Waals surface area contributed by atoms with E-state index < -0.39 is 23.6 Å². The molecule has 0 bridgehead atoms. The smallest absolute Gasteiger partial charge is 0.351 e. The van der Waals surface area contributed by atoms with Crippen LogP contribution >= 0.6 is 0 Å². The molecule has 0 aromatic heterocycles. The first kappa shape index (κ1) is 26.8. The van der Waals surface area contributed by atoms with Gasteiger partial charge in [0.25, 0.3) is 5.91 Å². The number of nitrogens with one attached hydrogen (secondary N) is 3. The normalized spacial score (nSPS) is 21.2. The highest BCUT2D eigenvalue weighted by molar-refractivity contribution is 5.96. The van der Waals surface area contributed by atoms with Crippen LogP contribution in [0.4, 0.5) is 13.2 Å². The summed E-state index contributed by atoms with van der Waals surface area (Å²) in [5.74, 6) is -1.17. The Hall–Kier alpha value is -2.42. The predicted octanol–water partition coefficient (Wildman–Crippen LogP) is 3.56. The van der Waals surface area contributed by atoms with Crippen molar-refractivity contribution in [3.63, 3.8) is 0 Å². The second kappa shape index (κ2) is 11.6. The molecule has 1 fully saturated rings. The fourth-order valence-corrected chi connectivity index (χ4v) is 4.03. The molecule has 0 heterocycles. The van der Waals surface area contributed by atoms with Gasteiger partial charge in [0.1, 0.15) is 5.78 Å². The van der Waals surface area contributed by atoms with Crippen molar-refractivity contribution in [2.24, 2.45) is 17.8 Å². The first-order chi connectivity index (χ1) is 15.4. The maximum atomic E-state index is 12.9. The minimum absolute atomic E-state index is 0.0874. The lowest BCUT2D eigenvalue weighted by molar-refractivity contribution is -0.137. The van der Waals surface area contributed by atoms with Crippen molar-refractivity contribution in [3.05, 3.63) is 35.4 Å². The van der Waals surface area contributed by atoms with Crippen molar-refractivity contribution >= 4 is 17.6 Å². The molecule has 33 heavy (non-hydrogen) atoms. The summed E-state index contributed by atoms with van der Waals surface area (Å²) in [6.45, 7) is 8.37. The summed E-state index contributed by atoms with van der Waals surface area (Å²) in [5.41, 5.74) is -1.11. The summed E-state index contributed by atoms with van der Waals surface area (Å²) < 4.78 is 38.6. The highest BCUT2D eigenvalue weighted by atomic mass is 19.4. The Morgan fingerprint density at radius 1 is 1.09 bits per heavy atom. The molecule has 0 saturated heterocycles. The number of Topliss-reactive ketones (excluding diaryl/α,β-unsaturated/α-hetero) is 1. The van der Waals surface area contributed by atoms with Crippen LogP contribution in [0.25, 0.3) is 0 Å². The second-order valence-corrected chi connectivity index (χ2v) is 9.41. The van der Waals surface area contributed by atoms with Gasteiger partial charge in [-0.15, -0.1) is 0 Å². The summed E-state index contributed by atoms with van der Waals surface area (Å²) in [6, 6.07) is 3.89. The van der Waals surface area contributed by atoms with Gasteiger partial charge in [-0.1, -0.05) is 33.8 Å². The van der Waals surface area contributed by atoms with E-state index in [2.05, 4.69) is 29.8 Å². The summed E-state index contributed by atoms with van der Waals surface area (Å²) >= 11 is 0. The van der Waals surface area contributed by atoms with Crippen molar-refractivity contribution in [3.8, 4) is 0 Å². The molecule has 9 heteroatoms. The summed E-state index contributed by atoms with van der Waals surface area (Å²) in [4.78, 5) is 37.5. The third-order valence-electron chi connectivity index (χ3n) is 5.81. The number of carbonyl (C=O) groups excluding carboxylic acids is 3. The lowest BCUT2D eigenvalue weighted by Crippen LogP contribution is -2.53. The van der Waals surface area contributed by atoms with E-state index in [0.717, 1.165) is 31.2 Å². The summed E-state index contributed by atoms with van der Waals surface area (Å²) in [5, 5.41) is 8.70. The van der Waals surface area contributed by atoms with Crippen molar-refractivity contribution in [2.75, 3.05) is 13.1 Å². The van der Waals surface area contributed by atoms with Gasteiger partial charge >= 0.3 is 6.18 Å². The SMILES string of the molecule is CC(C)CN[C@@H]1CC[C@H](NC(=O)CNC(=O)c2cccc(C(F)(F)F)c2)[C@H](C(=O)C(C)C)C1. The van der Waals surface area contributed by atoms with E-state index in [-0.39, 0.29) is 41.8 Å². The molecule has 2 amide bonds. The number of alkyl halides is 3. The first-order valence-electron chi connectivity index (χ1n) is 11.4. The minimum Gasteiger partial charge on any atom is -0.351 e. The maximum Gasteiger partial charge on any atom is 0.416 e. The topological polar surface area (TPSA) is 87.3 Å². The molecule has 2 rings (SSSR count). The molecular weight excluding hydrogens is 435 g/mol. The van der Waals surface area contributed by atoms with E-state index in [9.17, 15) is 27.6 Å². The lowest BCUT2D eigenvalue weighted by atomic mass is 9.76. The van der Waals surface area contributed by atoms with Gasteiger partial charge in [0.05, 0.1) is 12.1 Å². The largest absolute Gasteiger partial charge is 0.416 e. The molecule has 1 aromatic carbocycles. The van der Waals surface area contributed by atoms with Crippen molar-refractivity contribution in [1.82, 2.24) is 16.0 Å². The molecule has 1 aliphatic carbocycles. The van der Waals surface area contributed by atoms with E-state index in [1.54, 1.807) is 0 Å². The van der Waals surface area contributed by atoms with Crippen molar-refractivity contribution in [2.45, 2.75) is 65.2 Å². The third kappa shape index (κ3) is 8.14. The Balaban J connectivity index is 1.96. The molecule has 0 unspecified atom stereocenters. The van der Waals surface area contributed by atoms with Gasteiger partial charge in [0.15, 0.2) is 0 Å². The van der Waals surface area contributed by atoms with Gasteiger partial charge in [-0.2, -0.15) is 13.2 Å². The number of amides is 2. The van der Waals surface area contributed by atoms with Gasteiger partial charge in [-0.3, -0.25) is 14.4 Å². The lowest BCUT2D eigenvalue weighted by Gasteiger charge is -2.37. The quantitative estimate of drug-likeness (QED) is 0.516. The fraction of sp³-hybridized carbons (Fsp3) is 0.625. The average Bonchev–Trinajstić information content (AvgIpc) is 2.75. The molecule has 6 nitrogen and oxygen atoms in total. The molecular formula is C24H34F3N3O3. The summed E-state index contributed by atoms with van der Waals surface area (Å²) in [6.07, 6.45) is -2.48. The Morgan fingerprint density at radius 2 is 1.79 bits per heavy atom. The zero-order chi connectivity index (χ0) is 24.8. The molecule has 0 aliphatic heterocycles. The zero-order valence-electron chi connectivity index (χ0n) is 19.6. The monoisotopic (exact) mass is 469 g/mol. The van der Waals surface area contributed by atoms with Crippen LogP contribution in [-0.4, -0.2) is 42.8 Å². The van der Waals surface area contributed by atoms with Gasteiger partial charge in [-0.25, -0.2) is 0 Å². The van der Waals surface area contributed by atoms with Crippen LogP contribution in [0.5, 0.6) is 0 Å². The first-order valence-corrected chi connectivity index (χ1v) is 11.4. The highest BCUT2D eigenvalue weighted by Crippen LogP contribution is 2.30. The number of rotatable bonds is 9. The molecule has 1 aliphatic rings. The number of halogens is 3. The summed E-state index contributed by atoms with van der Waals surface area (Å²) in [7, 11) is 0. The molecule has 184 valence electrons. The van der Waals surface area contributed by atoms with E-state index in [4.69, 9.17) is 0 Å². The van der Waals surface area contributed by atoms with E-state index in [1.165, 1.54) is 6.07 Å². The second-order valence-electron chi connectivity index (χ2n) is 9.41. The van der Waals surface area contributed by atoms with Crippen LogP contribution < -0.4 is 16.0 Å². The molecule has 0 radical (unpaired) electrons. The maximum absolute atomic E-state index is 12.9. The van der Waals surface area contributed by atoms with Crippen LogP contribution in [0.15, 0.2) is 24.3 Å². The fourth-order valence-electron chi connectivity index (χ4n) is 4.03. The Kier molecular flexibility index (Phi) is 9.46. The standard InChI is InChI=1S/C24H34F3N3O3/c1-14(2)12-28-18-8-9-20(19(11-18)22(32)15(3)4)30-21(31)13-29-23(33)16-6-5-7-17(10-16)24(25,26)27/h5-7,10,14-15,18-20,28H,8-9,11-13H2,1-4H3,(H,29,33)(H,30,31)/t18-,19-,20+/m1/s1. The van der Waals surface area contributed by atoms with Crippen LogP contribution in [0, 0.1) is 17.8 Å². The van der Waals surface area contributed by atoms with Crippen LogP contribution in [-0.2, 0) is 15.8 Å².